The minimum absolute atomic E-state index is 0.152. The van der Waals surface area contributed by atoms with Gasteiger partial charge in [0, 0.05) is 38.7 Å². The average Bonchev–Trinajstić information content (AvgIpc) is 2.75. The third-order valence-electron chi connectivity index (χ3n) is 5.75. The fraction of sp³-hybridized carbons (Fsp3) is 0.600. The fourth-order valence-electron chi connectivity index (χ4n) is 3.43. The maximum atomic E-state index is 14.2. The predicted octanol–water partition coefficient (Wildman–Crippen LogP) is 1.47. The van der Waals surface area contributed by atoms with Gasteiger partial charge in [0.1, 0.15) is 18.8 Å². The van der Waals surface area contributed by atoms with Crippen molar-refractivity contribution in [3.8, 4) is 0 Å². The third kappa shape index (κ3) is 5.73. The number of benzene rings is 1. The highest BCUT2D eigenvalue weighted by Crippen LogP contribution is 2.26. The molecule has 1 fully saturated rings. The molecule has 1 N–H and O–H groups in total. The molecule has 1 aromatic rings. The molecule has 0 unspecified atom stereocenters. The number of nitro benzene ring substituents is 1. The minimum atomic E-state index is -1.09. The molecule has 0 spiro atoms. The molecule has 0 bridgehead atoms. The lowest BCUT2D eigenvalue weighted by Crippen LogP contribution is -2.59. The number of piperazine rings is 1. The van der Waals surface area contributed by atoms with Crippen molar-refractivity contribution in [1.29, 1.82) is 0 Å². The number of hydrogen-bond donors (Lipinski definition) is 1. The number of alkyl halides is 1. The molecule has 11 heteroatoms. The van der Waals surface area contributed by atoms with Crippen LogP contribution in [0.1, 0.15) is 25.3 Å². The molecule has 1 saturated heterocycles. The largest absolute Gasteiger partial charge is 0.372 e. The van der Waals surface area contributed by atoms with Crippen LogP contribution in [0.4, 0.5) is 14.5 Å². The first kappa shape index (κ1) is 24.6. The summed E-state index contributed by atoms with van der Waals surface area (Å²) in [4.78, 5) is 39.1. The van der Waals surface area contributed by atoms with Crippen molar-refractivity contribution in [3.63, 3.8) is 0 Å². The number of amides is 2. The van der Waals surface area contributed by atoms with Crippen LogP contribution in [0, 0.1) is 15.9 Å². The zero-order chi connectivity index (χ0) is 23.3. The first-order valence-corrected chi connectivity index (χ1v) is 9.92. The molecule has 1 aliphatic rings. The van der Waals surface area contributed by atoms with Gasteiger partial charge in [-0.25, -0.2) is 4.39 Å². The first-order chi connectivity index (χ1) is 14.6. The second kappa shape index (κ2) is 10.6. The van der Waals surface area contributed by atoms with Gasteiger partial charge in [-0.05, 0) is 25.6 Å². The van der Waals surface area contributed by atoms with Gasteiger partial charge in [0.25, 0.3) is 0 Å². The minimum Gasteiger partial charge on any atom is -0.372 e. The zero-order valence-corrected chi connectivity index (χ0v) is 18.0. The number of nitrogens with zero attached hydrogens (tertiary/aromatic N) is 3. The van der Waals surface area contributed by atoms with E-state index in [1.807, 2.05) is 4.90 Å². The summed E-state index contributed by atoms with van der Waals surface area (Å²) in [6, 6.07) is 1.82. The average molecular weight is 442 g/mol. The van der Waals surface area contributed by atoms with E-state index in [1.54, 1.807) is 14.0 Å². The van der Waals surface area contributed by atoms with E-state index in [2.05, 4.69) is 5.32 Å². The highest BCUT2D eigenvalue weighted by atomic mass is 19.1. The summed E-state index contributed by atoms with van der Waals surface area (Å²) in [7, 11) is 3.12. The maximum Gasteiger partial charge on any atom is 0.304 e. The quantitative estimate of drug-likeness (QED) is 0.483. The number of carbonyl (C=O) groups is 2. The molecule has 2 rings (SSSR count). The molecule has 1 aromatic carbocycles. The lowest BCUT2D eigenvalue weighted by molar-refractivity contribution is -0.387. The molecule has 0 aromatic heterocycles. The van der Waals surface area contributed by atoms with Crippen molar-refractivity contribution in [3.05, 3.63) is 39.7 Å². The van der Waals surface area contributed by atoms with E-state index in [1.165, 1.54) is 25.0 Å². The molecular formula is C20H28F2N4O5. The second-order valence-electron chi connectivity index (χ2n) is 7.69. The molecule has 9 nitrogen and oxygen atoms in total. The van der Waals surface area contributed by atoms with Gasteiger partial charge in [0.15, 0.2) is 0 Å². The van der Waals surface area contributed by atoms with Crippen molar-refractivity contribution >= 4 is 17.5 Å². The Morgan fingerprint density at radius 3 is 2.58 bits per heavy atom. The van der Waals surface area contributed by atoms with Crippen LogP contribution in [0.25, 0.3) is 0 Å². The monoisotopic (exact) mass is 442 g/mol. The molecule has 172 valence electrons. The molecule has 0 saturated carbocycles. The molecule has 0 radical (unpaired) electrons. The number of nitro groups is 1. The Bertz CT molecular complexity index is 825. The van der Waals surface area contributed by atoms with Gasteiger partial charge in [0.05, 0.1) is 11.0 Å². The standard InChI is InChI=1S/C20H28F2N4O5/c1-12(14-5-6-17(26(29)30)16(22)9-14)18(23-19(27)13(2)31-4)20(28)25-8-7-24(3)15(10-21)11-25/h5-6,9,12-13,15,18H,7-8,10-11H2,1-4H3,(H,23,27)/t12-,13-,15-,18+/m0/s1. The van der Waals surface area contributed by atoms with Crippen molar-refractivity contribution in [1.82, 2.24) is 15.1 Å². The molecule has 2 amide bonds. The molecule has 4 atom stereocenters. The number of likely N-dealkylation sites (N-methyl/N-ethyl adjacent to an activating group) is 1. The number of methoxy groups -OCH3 is 1. The first-order valence-electron chi connectivity index (χ1n) is 9.92. The summed E-state index contributed by atoms with van der Waals surface area (Å²) in [5.41, 5.74) is -0.372. The van der Waals surface area contributed by atoms with Gasteiger partial charge in [-0.2, -0.15) is 4.39 Å². The number of nitrogens with one attached hydrogen (secondary N) is 1. The van der Waals surface area contributed by atoms with Crippen molar-refractivity contribution in [2.75, 3.05) is 40.5 Å². The van der Waals surface area contributed by atoms with Crippen LogP contribution in [-0.4, -0.2) is 85.2 Å². The number of carbonyl (C=O) groups excluding carboxylic acids is 2. The van der Waals surface area contributed by atoms with Gasteiger partial charge in [0.2, 0.25) is 17.6 Å². The lowest BCUT2D eigenvalue weighted by atomic mass is 9.91. The molecular weight excluding hydrogens is 414 g/mol. The Morgan fingerprint density at radius 2 is 2.03 bits per heavy atom. The second-order valence-corrected chi connectivity index (χ2v) is 7.69. The van der Waals surface area contributed by atoms with Gasteiger partial charge in [-0.15, -0.1) is 0 Å². The highest BCUT2D eigenvalue weighted by molar-refractivity contribution is 5.90. The Morgan fingerprint density at radius 1 is 1.35 bits per heavy atom. The molecule has 31 heavy (non-hydrogen) atoms. The van der Waals surface area contributed by atoms with E-state index in [-0.39, 0.29) is 6.54 Å². The van der Waals surface area contributed by atoms with Crippen LogP contribution in [0.15, 0.2) is 18.2 Å². The number of ether oxygens (including phenoxy) is 1. The SMILES string of the molecule is CO[C@@H](C)C(=O)N[C@@H](C(=O)N1CCN(C)[C@@H](CF)C1)[C@@H](C)c1ccc([N+](=O)[O-])c(F)c1. The lowest BCUT2D eigenvalue weighted by Gasteiger charge is -2.40. The van der Waals surface area contributed by atoms with Crippen LogP contribution < -0.4 is 5.32 Å². The predicted molar refractivity (Wildman–Crippen MR) is 109 cm³/mol. The Labute approximate surface area is 179 Å². The van der Waals surface area contributed by atoms with E-state index in [0.717, 1.165) is 12.1 Å². The van der Waals surface area contributed by atoms with Crippen LogP contribution in [0.5, 0.6) is 0 Å². The van der Waals surface area contributed by atoms with Crippen molar-refractivity contribution in [2.24, 2.45) is 0 Å². The van der Waals surface area contributed by atoms with Crippen LogP contribution in [0.2, 0.25) is 0 Å². The Hall–Kier alpha value is -2.66. The number of rotatable bonds is 8. The maximum absolute atomic E-state index is 14.2. The van der Waals surface area contributed by atoms with Crippen molar-refractivity contribution in [2.45, 2.75) is 38.0 Å². The van der Waals surface area contributed by atoms with Gasteiger partial charge < -0.3 is 15.0 Å². The Balaban J connectivity index is 2.33. The summed E-state index contributed by atoms with van der Waals surface area (Å²) < 4.78 is 32.5. The summed E-state index contributed by atoms with van der Waals surface area (Å²) in [6.07, 6.45) is -0.831. The molecule has 0 aliphatic carbocycles. The van der Waals surface area contributed by atoms with Gasteiger partial charge >= 0.3 is 5.69 Å². The topological polar surface area (TPSA) is 105 Å². The van der Waals surface area contributed by atoms with E-state index in [0.29, 0.717) is 18.7 Å². The normalized spacial score (nSPS) is 20.1. The van der Waals surface area contributed by atoms with E-state index in [4.69, 9.17) is 4.74 Å². The van der Waals surface area contributed by atoms with E-state index < -0.39 is 59.0 Å². The zero-order valence-electron chi connectivity index (χ0n) is 18.0. The van der Waals surface area contributed by atoms with E-state index >= 15 is 0 Å². The number of hydrogen-bond acceptors (Lipinski definition) is 6. The smallest absolute Gasteiger partial charge is 0.304 e. The summed E-state index contributed by atoms with van der Waals surface area (Å²) >= 11 is 0. The van der Waals surface area contributed by atoms with Crippen molar-refractivity contribution < 1.29 is 28.0 Å². The summed E-state index contributed by atoms with van der Waals surface area (Å²) in [5, 5.41) is 13.5. The summed E-state index contributed by atoms with van der Waals surface area (Å²) in [5.74, 6) is -2.71. The van der Waals surface area contributed by atoms with E-state index in [9.17, 15) is 28.5 Å². The molecule has 1 aliphatic heterocycles. The Kier molecular flexibility index (Phi) is 8.40. The third-order valence-corrected chi connectivity index (χ3v) is 5.75. The van der Waals surface area contributed by atoms with Gasteiger partial charge in [-0.1, -0.05) is 13.0 Å². The highest BCUT2D eigenvalue weighted by Gasteiger charge is 2.36. The van der Waals surface area contributed by atoms with Crippen LogP contribution in [0.3, 0.4) is 0 Å². The molecule has 1 heterocycles. The van der Waals surface area contributed by atoms with Gasteiger partial charge in [-0.3, -0.25) is 24.6 Å². The fourth-order valence-corrected chi connectivity index (χ4v) is 3.43. The summed E-state index contributed by atoms with van der Waals surface area (Å²) in [6.45, 7) is 3.47. The van der Waals surface area contributed by atoms with Crippen LogP contribution >= 0.6 is 0 Å². The number of halogens is 2. The van der Waals surface area contributed by atoms with Crippen LogP contribution in [-0.2, 0) is 14.3 Å².